The van der Waals surface area contributed by atoms with E-state index in [1.807, 2.05) is 18.1 Å². The van der Waals surface area contributed by atoms with Gasteiger partial charge in [0, 0.05) is 45.5 Å². The van der Waals surface area contributed by atoms with Crippen LogP contribution in [0.2, 0.25) is 0 Å². The van der Waals surface area contributed by atoms with Gasteiger partial charge in [0.1, 0.15) is 0 Å². The molecule has 1 saturated heterocycles. The highest BCUT2D eigenvalue weighted by Crippen LogP contribution is 2.23. The SMILES string of the molecule is C[C@@H](c1ccsc1)N1CCN(C(=O)Cc2cnn(C)c2)CC1. The minimum Gasteiger partial charge on any atom is -0.340 e. The second-order valence-electron chi connectivity index (χ2n) is 5.85. The van der Waals surface area contributed by atoms with Crippen molar-refractivity contribution in [1.82, 2.24) is 19.6 Å². The summed E-state index contributed by atoms with van der Waals surface area (Å²) in [6, 6.07) is 2.62. The normalized spacial score (nSPS) is 17.6. The zero-order valence-corrected chi connectivity index (χ0v) is 13.9. The van der Waals surface area contributed by atoms with Crippen molar-refractivity contribution in [3.63, 3.8) is 0 Å². The molecule has 0 aliphatic carbocycles. The molecule has 0 aromatic carbocycles. The van der Waals surface area contributed by atoms with E-state index in [1.54, 1.807) is 22.2 Å². The maximum atomic E-state index is 12.4. The number of carbonyl (C=O) groups is 1. The molecule has 1 aliphatic rings. The fourth-order valence-electron chi connectivity index (χ4n) is 2.93. The summed E-state index contributed by atoms with van der Waals surface area (Å²) in [5, 5.41) is 8.45. The van der Waals surface area contributed by atoms with Crippen LogP contribution < -0.4 is 0 Å². The van der Waals surface area contributed by atoms with Gasteiger partial charge in [-0.3, -0.25) is 14.4 Å². The monoisotopic (exact) mass is 318 g/mol. The summed E-state index contributed by atoms with van der Waals surface area (Å²) in [6.45, 7) is 5.75. The van der Waals surface area contributed by atoms with Crippen LogP contribution in [0.3, 0.4) is 0 Å². The van der Waals surface area contributed by atoms with E-state index in [-0.39, 0.29) is 5.91 Å². The molecule has 0 saturated carbocycles. The molecule has 3 rings (SSSR count). The number of amides is 1. The topological polar surface area (TPSA) is 41.4 Å². The van der Waals surface area contributed by atoms with Gasteiger partial charge >= 0.3 is 0 Å². The molecule has 2 aromatic heterocycles. The number of piperazine rings is 1. The minimum absolute atomic E-state index is 0.204. The molecule has 0 radical (unpaired) electrons. The number of aryl methyl sites for hydroxylation is 1. The second-order valence-corrected chi connectivity index (χ2v) is 6.63. The number of thiophene rings is 1. The Morgan fingerprint density at radius 1 is 1.36 bits per heavy atom. The molecule has 1 atom stereocenters. The van der Waals surface area contributed by atoms with Crippen molar-refractivity contribution in [2.75, 3.05) is 26.2 Å². The van der Waals surface area contributed by atoms with Crippen molar-refractivity contribution in [2.45, 2.75) is 19.4 Å². The number of nitrogens with zero attached hydrogens (tertiary/aromatic N) is 4. The van der Waals surface area contributed by atoms with Crippen molar-refractivity contribution in [3.05, 3.63) is 40.3 Å². The quantitative estimate of drug-likeness (QED) is 0.865. The van der Waals surface area contributed by atoms with E-state index in [0.717, 1.165) is 31.7 Å². The summed E-state index contributed by atoms with van der Waals surface area (Å²) in [5.41, 5.74) is 2.36. The Balaban J connectivity index is 1.52. The lowest BCUT2D eigenvalue weighted by Crippen LogP contribution is -2.49. The first-order chi connectivity index (χ1) is 10.6. The zero-order valence-electron chi connectivity index (χ0n) is 13.1. The lowest BCUT2D eigenvalue weighted by atomic mass is 10.1. The van der Waals surface area contributed by atoms with E-state index in [4.69, 9.17) is 0 Å². The molecular formula is C16H22N4OS. The summed E-state index contributed by atoms with van der Waals surface area (Å²) in [7, 11) is 1.87. The largest absolute Gasteiger partial charge is 0.340 e. The van der Waals surface area contributed by atoms with Crippen LogP contribution in [0.5, 0.6) is 0 Å². The highest BCUT2D eigenvalue weighted by atomic mass is 32.1. The highest BCUT2D eigenvalue weighted by molar-refractivity contribution is 7.07. The van der Waals surface area contributed by atoms with Gasteiger partial charge in [0.2, 0.25) is 5.91 Å². The number of rotatable bonds is 4. The first-order valence-electron chi connectivity index (χ1n) is 7.65. The summed E-state index contributed by atoms with van der Waals surface area (Å²) in [4.78, 5) is 16.8. The molecule has 0 N–H and O–H groups in total. The van der Waals surface area contributed by atoms with E-state index >= 15 is 0 Å². The first kappa shape index (κ1) is 15.2. The van der Waals surface area contributed by atoms with Gasteiger partial charge in [-0.1, -0.05) is 0 Å². The van der Waals surface area contributed by atoms with E-state index in [1.165, 1.54) is 5.56 Å². The highest BCUT2D eigenvalue weighted by Gasteiger charge is 2.25. The fraction of sp³-hybridized carbons (Fsp3) is 0.500. The van der Waals surface area contributed by atoms with E-state index < -0.39 is 0 Å². The molecule has 0 bridgehead atoms. The van der Waals surface area contributed by atoms with Gasteiger partial charge in [0.05, 0.1) is 12.6 Å². The third kappa shape index (κ3) is 3.39. The summed E-state index contributed by atoms with van der Waals surface area (Å²) < 4.78 is 1.74. The molecule has 0 spiro atoms. The van der Waals surface area contributed by atoms with Crippen molar-refractivity contribution < 1.29 is 4.79 Å². The fourth-order valence-corrected chi connectivity index (χ4v) is 3.68. The lowest BCUT2D eigenvalue weighted by Gasteiger charge is -2.38. The average molecular weight is 318 g/mol. The predicted octanol–water partition coefficient (Wildman–Crippen LogP) is 1.93. The Kier molecular flexibility index (Phi) is 4.59. The molecule has 1 fully saturated rings. The van der Waals surface area contributed by atoms with E-state index in [9.17, 15) is 4.79 Å². The van der Waals surface area contributed by atoms with Crippen LogP contribution in [0.25, 0.3) is 0 Å². The molecule has 6 heteroatoms. The molecule has 2 aromatic rings. The Labute approximate surface area is 135 Å². The van der Waals surface area contributed by atoms with Crippen molar-refractivity contribution in [2.24, 2.45) is 7.05 Å². The average Bonchev–Trinajstić information content (AvgIpc) is 3.18. The smallest absolute Gasteiger partial charge is 0.227 e. The molecule has 5 nitrogen and oxygen atoms in total. The Morgan fingerprint density at radius 3 is 2.73 bits per heavy atom. The van der Waals surface area contributed by atoms with Crippen LogP contribution in [0.15, 0.2) is 29.2 Å². The van der Waals surface area contributed by atoms with Gasteiger partial charge in [0.15, 0.2) is 0 Å². The summed E-state index contributed by atoms with van der Waals surface area (Å²) >= 11 is 1.74. The molecule has 0 unspecified atom stereocenters. The van der Waals surface area contributed by atoms with Crippen LogP contribution in [0, 0.1) is 0 Å². The van der Waals surface area contributed by atoms with Crippen LogP contribution >= 0.6 is 11.3 Å². The maximum absolute atomic E-state index is 12.4. The van der Waals surface area contributed by atoms with Gasteiger partial charge in [-0.25, -0.2) is 0 Å². The van der Waals surface area contributed by atoms with Gasteiger partial charge in [-0.05, 0) is 34.9 Å². The predicted molar refractivity (Wildman–Crippen MR) is 87.8 cm³/mol. The van der Waals surface area contributed by atoms with Crippen LogP contribution in [0.1, 0.15) is 24.1 Å². The third-order valence-electron chi connectivity index (χ3n) is 4.35. The Hall–Kier alpha value is -1.66. The summed E-state index contributed by atoms with van der Waals surface area (Å²) in [5.74, 6) is 0.204. The second kappa shape index (κ2) is 6.62. The van der Waals surface area contributed by atoms with Gasteiger partial charge in [-0.2, -0.15) is 16.4 Å². The summed E-state index contributed by atoms with van der Waals surface area (Å²) in [6.07, 6.45) is 4.13. The van der Waals surface area contributed by atoms with Crippen LogP contribution in [0.4, 0.5) is 0 Å². The van der Waals surface area contributed by atoms with Gasteiger partial charge < -0.3 is 4.90 Å². The third-order valence-corrected chi connectivity index (χ3v) is 5.06. The molecular weight excluding hydrogens is 296 g/mol. The van der Waals surface area contributed by atoms with Crippen molar-refractivity contribution >= 4 is 17.2 Å². The number of aromatic nitrogens is 2. The Bertz CT molecular complexity index is 614. The molecule has 3 heterocycles. The number of hydrogen-bond donors (Lipinski definition) is 0. The van der Waals surface area contributed by atoms with Crippen LogP contribution in [-0.4, -0.2) is 51.7 Å². The lowest BCUT2D eigenvalue weighted by molar-refractivity contribution is -0.132. The maximum Gasteiger partial charge on any atom is 0.227 e. The Morgan fingerprint density at radius 2 is 2.14 bits per heavy atom. The van der Waals surface area contributed by atoms with Crippen LogP contribution in [-0.2, 0) is 18.3 Å². The van der Waals surface area contributed by atoms with Gasteiger partial charge in [-0.15, -0.1) is 0 Å². The first-order valence-corrected chi connectivity index (χ1v) is 8.59. The number of carbonyl (C=O) groups excluding carboxylic acids is 1. The van der Waals surface area contributed by atoms with Gasteiger partial charge in [0.25, 0.3) is 0 Å². The molecule has 1 amide bonds. The molecule has 22 heavy (non-hydrogen) atoms. The zero-order chi connectivity index (χ0) is 15.5. The molecule has 118 valence electrons. The molecule has 1 aliphatic heterocycles. The standard InChI is InChI=1S/C16H22N4OS/c1-13(15-3-8-22-12-15)19-4-6-20(7-5-19)16(21)9-14-10-17-18(2)11-14/h3,8,10-13H,4-7,9H2,1-2H3/t13-/m0/s1. The number of hydrogen-bond acceptors (Lipinski definition) is 4. The van der Waals surface area contributed by atoms with E-state index in [2.05, 4.69) is 33.7 Å². The van der Waals surface area contributed by atoms with Crippen molar-refractivity contribution in [3.8, 4) is 0 Å². The minimum atomic E-state index is 0.204. The van der Waals surface area contributed by atoms with Crippen molar-refractivity contribution in [1.29, 1.82) is 0 Å². The van der Waals surface area contributed by atoms with E-state index in [0.29, 0.717) is 12.5 Å².